The molecule has 0 bridgehead atoms. The first-order valence-electron chi connectivity index (χ1n) is 8.14. The van der Waals surface area contributed by atoms with Crippen LogP contribution in [0.1, 0.15) is 48.0 Å². The van der Waals surface area contributed by atoms with Crippen molar-refractivity contribution in [3.8, 4) is 6.19 Å². The van der Waals surface area contributed by atoms with Gasteiger partial charge >= 0.3 is 0 Å². The molecule has 1 aliphatic rings. The third-order valence-electron chi connectivity index (χ3n) is 4.42. The molecule has 9 heteroatoms. The maximum Gasteiger partial charge on any atom is 0.271 e. The maximum atomic E-state index is 13.4. The van der Waals surface area contributed by atoms with Crippen molar-refractivity contribution in [1.29, 1.82) is 5.26 Å². The van der Waals surface area contributed by atoms with E-state index in [0.29, 0.717) is 4.88 Å². The number of carbonyl (C=O) groups is 1. The van der Waals surface area contributed by atoms with Crippen molar-refractivity contribution in [3.05, 3.63) is 34.6 Å². The Morgan fingerprint density at radius 2 is 1.92 bits per heavy atom. The average Bonchev–Trinajstić information content (AvgIpc) is 3.13. The molecular formula is C17H17F2N5OS. The minimum absolute atomic E-state index is 0.0408. The molecule has 1 aliphatic carbocycles. The van der Waals surface area contributed by atoms with E-state index in [1.54, 1.807) is 6.92 Å². The van der Waals surface area contributed by atoms with Gasteiger partial charge in [0.15, 0.2) is 6.19 Å². The average molecular weight is 377 g/mol. The van der Waals surface area contributed by atoms with Crippen molar-refractivity contribution < 1.29 is 13.6 Å². The van der Waals surface area contributed by atoms with E-state index in [1.165, 1.54) is 0 Å². The number of carbonyl (C=O) groups excluding carboxylic acids is 1. The number of pyridine rings is 1. The molecule has 2 aromatic rings. The number of anilines is 2. The monoisotopic (exact) mass is 377 g/mol. The first kappa shape index (κ1) is 18.2. The zero-order chi connectivity index (χ0) is 18.9. The van der Waals surface area contributed by atoms with Gasteiger partial charge in [-0.05, 0) is 26.7 Å². The molecule has 136 valence electrons. The molecule has 0 radical (unpaired) electrons. The van der Waals surface area contributed by atoms with Gasteiger partial charge in [-0.2, -0.15) is 19.0 Å². The van der Waals surface area contributed by atoms with Crippen LogP contribution in [0, 0.1) is 30.3 Å². The molecule has 1 saturated carbocycles. The fourth-order valence-corrected chi connectivity index (χ4v) is 3.98. The normalized spacial score (nSPS) is 15.5. The van der Waals surface area contributed by atoms with Gasteiger partial charge in [0.25, 0.3) is 5.91 Å². The highest BCUT2D eigenvalue weighted by molar-refractivity contribution is 7.16. The van der Waals surface area contributed by atoms with Crippen LogP contribution in [-0.4, -0.2) is 21.4 Å². The molecular weight excluding hydrogens is 360 g/mol. The molecule has 0 saturated heterocycles. The van der Waals surface area contributed by atoms with Crippen LogP contribution in [0.2, 0.25) is 0 Å². The number of aromatic nitrogens is 2. The van der Waals surface area contributed by atoms with Crippen LogP contribution in [0.15, 0.2) is 12.1 Å². The predicted molar refractivity (Wildman–Crippen MR) is 93.1 cm³/mol. The van der Waals surface area contributed by atoms with Crippen molar-refractivity contribution in [2.45, 2.75) is 45.1 Å². The maximum absolute atomic E-state index is 13.4. The van der Waals surface area contributed by atoms with E-state index in [4.69, 9.17) is 0 Å². The molecule has 3 rings (SSSR count). The van der Waals surface area contributed by atoms with Gasteiger partial charge in [0.1, 0.15) is 5.69 Å². The van der Waals surface area contributed by atoms with Gasteiger partial charge in [-0.15, -0.1) is 11.3 Å². The van der Waals surface area contributed by atoms with E-state index in [-0.39, 0.29) is 28.0 Å². The second-order valence-corrected chi connectivity index (χ2v) is 7.71. The number of nitrogens with zero attached hydrogens (tertiary/aromatic N) is 4. The summed E-state index contributed by atoms with van der Waals surface area (Å²) < 4.78 is 26.7. The van der Waals surface area contributed by atoms with Crippen molar-refractivity contribution in [2.24, 2.45) is 0 Å². The number of hydrogen-bond acceptors (Lipinski definition) is 6. The second-order valence-electron chi connectivity index (χ2n) is 6.53. The van der Waals surface area contributed by atoms with Crippen LogP contribution in [0.4, 0.5) is 19.6 Å². The first-order valence-corrected chi connectivity index (χ1v) is 8.96. The summed E-state index contributed by atoms with van der Waals surface area (Å²) in [4.78, 5) is 21.4. The lowest BCUT2D eigenvalue weighted by Crippen LogP contribution is -2.43. The summed E-state index contributed by atoms with van der Waals surface area (Å²) in [6.07, 6.45) is 5.80. The molecule has 2 aromatic heterocycles. The van der Waals surface area contributed by atoms with Crippen LogP contribution < -0.4 is 10.2 Å². The third kappa shape index (κ3) is 3.65. The molecule has 0 spiro atoms. The van der Waals surface area contributed by atoms with Gasteiger partial charge in [-0.1, -0.05) is 12.8 Å². The Morgan fingerprint density at radius 3 is 2.50 bits per heavy atom. The van der Waals surface area contributed by atoms with E-state index in [0.717, 1.165) is 54.1 Å². The predicted octanol–water partition coefficient (Wildman–Crippen LogP) is 3.81. The third-order valence-corrected chi connectivity index (χ3v) is 5.38. The Labute approximate surface area is 153 Å². The summed E-state index contributed by atoms with van der Waals surface area (Å²) in [7, 11) is 0. The molecule has 0 unspecified atom stereocenters. The molecule has 0 aromatic carbocycles. The van der Waals surface area contributed by atoms with Crippen LogP contribution in [-0.2, 0) is 0 Å². The molecule has 26 heavy (non-hydrogen) atoms. The highest BCUT2D eigenvalue weighted by Crippen LogP contribution is 2.33. The SMILES string of the molecule is Cc1sc(N(C#N)c2cc(F)nc(F)c2)nc1C(=O)NC1(C)CCCC1. The molecule has 0 aliphatic heterocycles. The number of aryl methyl sites for hydroxylation is 1. The lowest BCUT2D eigenvalue weighted by molar-refractivity contribution is 0.0903. The topological polar surface area (TPSA) is 81.9 Å². The number of hydrogen-bond donors (Lipinski definition) is 1. The minimum Gasteiger partial charge on any atom is -0.346 e. The number of nitrogens with one attached hydrogen (secondary N) is 1. The zero-order valence-electron chi connectivity index (χ0n) is 14.3. The van der Waals surface area contributed by atoms with Crippen molar-refractivity contribution in [2.75, 3.05) is 4.90 Å². The second kappa shape index (κ2) is 6.96. The van der Waals surface area contributed by atoms with E-state index in [9.17, 15) is 18.8 Å². The Bertz CT molecular complexity index is 866. The summed E-state index contributed by atoms with van der Waals surface area (Å²) >= 11 is 1.10. The van der Waals surface area contributed by atoms with Crippen LogP contribution >= 0.6 is 11.3 Å². The summed E-state index contributed by atoms with van der Waals surface area (Å²) in [6, 6.07) is 1.87. The van der Waals surface area contributed by atoms with Crippen molar-refractivity contribution in [3.63, 3.8) is 0 Å². The molecule has 1 N–H and O–H groups in total. The Hall–Kier alpha value is -2.60. The number of rotatable bonds is 4. The highest BCUT2D eigenvalue weighted by atomic mass is 32.1. The number of amides is 1. The molecule has 1 fully saturated rings. The van der Waals surface area contributed by atoms with Crippen LogP contribution in [0.25, 0.3) is 0 Å². The fourth-order valence-electron chi connectivity index (χ4n) is 3.09. The van der Waals surface area contributed by atoms with E-state index >= 15 is 0 Å². The quantitative estimate of drug-likeness (QED) is 0.498. The zero-order valence-corrected chi connectivity index (χ0v) is 15.2. The summed E-state index contributed by atoms with van der Waals surface area (Å²) in [5, 5.41) is 12.6. The Morgan fingerprint density at radius 1 is 1.31 bits per heavy atom. The van der Waals surface area contributed by atoms with Gasteiger partial charge in [0.05, 0.1) is 5.69 Å². The van der Waals surface area contributed by atoms with Gasteiger partial charge in [0, 0.05) is 22.5 Å². The van der Waals surface area contributed by atoms with Crippen molar-refractivity contribution in [1.82, 2.24) is 15.3 Å². The van der Waals surface area contributed by atoms with Crippen LogP contribution in [0.5, 0.6) is 0 Å². The summed E-state index contributed by atoms with van der Waals surface area (Å²) in [5.74, 6) is -2.39. The largest absolute Gasteiger partial charge is 0.346 e. The first-order chi connectivity index (χ1) is 12.3. The summed E-state index contributed by atoms with van der Waals surface area (Å²) in [5.41, 5.74) is -0.0751. The van der Waals surface area contributed by atoms with Gasteiger partial charge in [-0.25, -0.2) is 9.88 Å². The smallest absolute Gasteiger partial charge is 0.271 e. The summed E-state index contributed by atoms with van der Waals surface area (Å²) in [6.45, 7) is 3.72. The molecule has 1 amide bonds. The molecule has 6 nitrogen and oxygen atoms in total. The lowest BCUT2D eigenvalue weighted by Gasteiger charge is -2.24. The molecule has 2 heterocycles. The van der Waals surface area contributed by atoms with Gasteiger partial charge < -0.3 is 5.32 Å². The highest BCUT2D eigenvalue weighted by Gasteiger charge is 2.32. The standard InChI is InChI=1S/C17H17F2N5OS/c1-10-14(15(25)23-17(2)5-3-4-6-17)22-16(26-10)24(9-20)11-7-12(18)21-13(19)8-11/h7-8H,3-6H2,1-2H3,(H,23,25). The van der Waals surface area contributed by atoms with E-state index in [1.807, 2.05) is 13.1 Å². The number of thiazole rings is 1. The fraction of sp³-hybridized carbons (Fsp3) is 0.412. The van der Waals surface area contributed by atoms with E-state index in [2.05, 4.69) is 15.3 Å². The Kier molecular flexibility index (Phi) is 4.87. The number of nitriles is 1. The lowest BCUT2D eigenvalue weighted by atomic mass is 10.0. The van der Waals surface area contributed by atoms with Gasteiger partial charge in [-0.3, -0.25) is 4.79 Å². The minimum atomic E-state index is -1.04. The van der Waals surface area contributed by atoms with Crippen molar-refractivity contribution >= 4 is 28.1 Å². The number of halogens is 2. The Balaban J connectivity index is 1.88. The van der Waals surface area contributed by atoms with Gasteiger partial charge in [0.2, 0.25) is 17.0 Å². The van der Waals surface area contributed by atoms with E-state index < -0.39 is 11.9 Å². The van der Waals surface area contributed by atoms with Crippen LogP contribution in [0.3, 0.4) is 0 Å². The molecule has 0 atom stereocenters.